The molecular formula is C13H12F4N4. The zero-order chi connectivity index (χ0) is 15.6. The molecule has 0 saturated heterocycles. The lowest BCUT2D eigenvalue weighted by atomic mass is 10.2. The molecule has 1 aromatic heterocycles. The minimum absolute atomic E-state index is 0.0265. The number of benzene rings is 1. The number of nitrogens with zero attached hydrogens (tertiary/aromatic N) is 2. The summed E-state index contributed by atoms with van der Waals surface area (Å²) in [5, 5.41) is 5.24. The molecule has 4 nitrogen and oxygen atoms in total. The molecule has 8 heteroatoms. The lowest BCUT2D eigenvalue weighted by Crippen LogP contribution is -2.13. The first-order valence-electron chi connectivity index (χ1n) is 5.97. The molecule has 0 fully saturated rings. The number of aryl methyl sites for hydroxylation is 1. The Balaban J connectivity index is 2.36. The Bertz CT molecular complexity index is 655. The molecule has 1 aromatic carbocycles. The summed E-state index contributed by atoms with van der Waals surface area (Å²) in [6, 6.07) is 5.44. The first-order chi connectivity index (χ1) is 9.79. The van der Waals surface area contributed by atoms with Crippen molar-refractivity contribution in [1.82, 2.24) is 9.97 Å². The van der Waals surface area contributed by atoms with Gasteiger partial charge in [-0.3, -0.25) is 0 Å². The minimum Gasteiger partial charge on any atom is -0.373 e. The van der Waals surface area contributed by atoms with Gasteiger partial charge in [0, 0.05) is 18.8 Å². The first kappa shape index (κ1) is 15.0. The number of alkyl halides is 3. The molecule has 0 aliphatic heterocycles. The number of aromatic nitrogens is 2. The highest BCUT2D eigenvalue weighted by Crippen LogP contribution is 2.29. The Labute approximate surface area is 118 Å². The number of hydrogen-bond acceptors (Lipinski definition) is 4. The van der Waals surface area contributed by atoms with Gasteiger partial charge < -0.3 is 10.6 Å². The maximum atomic E-state index is 13.2. The maximum Gasteiger partial charge on any atom is 0.451 e. The second-order valence-corrected chi connectivity index (χ2v) is 4.30. The Morgan fingerprint density at radius 1 is 1.05 bits per heavy atom. The van der Waals surface area contributed by atoms with E-state index in [4.69, 9.17) is 0 Å². The molecule has 21 heavy (non-hydrogen) atoms. The Morgan fingerprint density at radius 3 is 2.29 bits per heavy atom. The Hall–Kier alpha value is -2.38. The molecule has 0 saturated carbocycles. The van der Waals surface area contributed by atoms with E-state index in [-0.39, 0.29) is 11.6 Å². The molecule has 2 N–H and O–H groups in total. The molecule has 2 aromatic rings. The van der Waals surface area contributed by atoms with Crippen molar-refractivity contribution in [2.45, 2.75) is 13.1 Å². The molecule has 0 amide bonds. The van der Waals surface area contributed by atoms with Crippen molar-refractivity contribution < 1.29 is 17.6 Å². The summed E-state index contributed by atoms with van der Waals surface area (Å²) in [4.78, 5) is 6.77. The summed E-state index contributed by atoms with van der Waals surface area (Å²) in [7, 11) is 1.45. The normalized spacial score (nSPS) is 11.3. The van der Waals surface area contributed by atoms with Crippen LogP contribution in [0.4, 0.5) is 34.9 Å². The summed E-state index contributed by atoms with van der Waals surface area (Å²) in [6.45, 7) is 1.56. The topological polar surface area (TPSA) is 49.8 Å². The molecule has 0 spiro atoms. The number of anilines is 3. The number of halogens is 4. The quantitative estimate of drug-likeness (QED) is 0.848. The first-order valence-corrected chi connectivity index (χ1v) is 5.97. The van der Waals surface area contributed by atoms with Crippen LogP contribution in [0.15, 0.2) is 24.3 Å². The van der Waals surface area contributed by atoms with Gasteiger partial charge in [-0.1, -0.05) is 0 Å². The number of nitrogens with one attached hydrogen (secondary N) is 2. The highest BCUT2D eigenvalue weighted by atomic mass is 19.4. The van der Waals surface area contributed by atoms with E-state index < -0.39 is 17.8 Å². The van der Waals surface area contributed by atoms with Crippen molar-refractivity contribution in [3.63, 3.8) is 0 Å². The van der Waals surface area contributed by atoms with Gasteiger partial charge in [0.05, 0.1) is 0 Å². The van der Waals surface area contributed by atoms with Crippen LogP contribution in [0.2, 0.25) is 0 Å². The predicted octanol–water partition coefficient (Wildman–Crippen LogP) is 3.73. The van der Waals surface area contributed by atoms with E-state index in [2.05, 4.69) is 20.6 Å². The molecule has 0 unspecified atom stereocenters. The highest BCUT2D eigenvalue weighted by molar-refractivity contribution is 5.60. The van der Waals surface area contributed by atoms with Crippen LogP contribution in [0.3, 0.4) is 0 Å². The van der Waals surface area contributed by atoms with Crippen LogP contribution in [0.1, 0.15) is 11.4 Å². The monoisotopic (exact) mass is 300 g/mol. The van der Waals surface area contributed by atoms with Gasteiger partial charge in [-0.05, 0) is 30.7 Å². The van der Waals surface area contributed by atoms with Crippen LogP contribution in [-0.2, 0) is 6.18 Å². The van der Waals surface area contributed by atoms with E-state index in [1.54, 1.807) is 6.92 Å². The molecular weight excluding hydrogens is 288 g/mol. The second-order valence-electron chi connectivity index (χ2n) is 4.30. The molecule has 0 aliphatic rings. The minimum atomic E-state index is -4.65. The molecule has 0 bridgehead atoms. The van der Waals surface area contributed by atoms with Gasteiger partial charge >= 0.3 is 6.18 Å². The lowest BCUT2D eigenvalue weighted by Gasteiger charge is -2.12. The summed E-state index contributed by atoms with van der Waals surface area (Å²) in [5.74, 6) is -1.66. The lowest BCUT2D eigenvalue weighted by molar-refractivity contribution is -0.144. The fraction of sp³-hybridized carbons (Fsp3) is 0.231. The van der Waals surface area contributed by atoms with Crippen molar-refractivity contribution in [2.75, 3.05) is 17.7 Å². The highest BCUT2D eigenvalue weighted by Gasteiger charge is 2.35. The zero-order valence-electron chi connectivity index (χ0n) is 11.2. The van der Waals surface area contributed by atoms with Crippen molar-refractivity contribution in [3.05, 3.63) is 41.5 Å². The van der Waals surface area contributed by atoms with E-state index in [1.165, 1.54) is 31.3 Å². The fourth-order valence-electron chi connectivity index (χ4n) is 1.64. The van der Waals surface area contributed by atoms with Gasteiger partial charge in [0.15, 0.2) is 0 Å². The van der Waals surface area contributed by atoms with Gasteiger partial charge in [0.2, 0.25) is 5.82 Å². The van der Waals surface area contributed by atoms with Gasteiger partial charge in [-0.25, -0.2) is 14.4 Å². The van der Waals surface area contributed by atoms with E-state index in [0.29, 0.717) is 11.3 Å². The number of rotatable bonds is 3. The van der Waals surface area contributed by atoms with Gasteiger partial charge in [0.1, 0.15) is 17.5 Å². The van der Waals surface area contributed by atoms with E-state index in [9.17, 15) is 17.6 Å². The van der Waals surface area contributed by atoms with E-state index in [1.807, 2.05) is 0 Å². The predicted molar refractivity (Wildman–Crippen MR) is 71.0 cm³/mol. The fourth-order valence-corrected chi connectivity index (χ4v) is 1.64. The smallest absolute Gasteiger partial charge is 0.373 e. The van der Waals surface area contributed by atoms with Crippen LogP contribution in [0.25, 0.3) is 0 Å². The van der Waals surface area contributed by atoms with Crippen LogP contribution in [0.5, 0.6) is 0 Å². The van der Waals surface area contributed by atoms with E-state index >= 15 is 0 Å². The largest absolute Gasteiger partial charge is 0.451 e. The van der Waals surface area contributed by atoms with Crippen LogP contribution in [0, 0.1) is 12.7 Å². The third-order valence-electron chi connectivity index (χ3n) is 2.67. The third kappa shape index (κ3) is 3.59. The summed E-state index contributed by atoms with van der Waals surface area (Å²) < 4.78 is 51.3. The number of hydrogen-bond donors (Lipinski definition) is 2. The SMILES string of the molecule is CNc1cc(Nc2ccc(F)c(C)c2)nc(C(F)(F)F)n1. The zero-order valence-corrected chi connectivity index (χ0v) is 11.2. The van der Waals surface area contributed by atoms with Crippen LogP contribution in [-0.4, -0.2) is 17.0 Å². The van der Waals surface area contributed by atoms with Crippen molar-refractivity contribution >= 4 is 17.3 Å². The second kappa shape index (κ2) is 5.55. The summed E-state index contributed by atoms with van der Waals surface area (Å²) in [5.41, 5.74) is 0.807. The van der Waals surface area contributed by atoms with Crippen molar-refractivity contribution in [1.29, 1.82) is 0 Å². The van der Waals surface area contributed by atoms with Crippen LogP contribution < -0.4 is 10.6 Å². The third-order valence-corrected chi connectivity index (χ3v) is 2.67. The standard InChI is InChI=1S/C13H12F4N4/c1-7-5-8(3-4-9(7)14)19-11-6-10(18-2)20-12(21-11)13(15,16)17/h3-6H,1-2H3,(H2,18,19,20,21). The summed E-state index contributed by atoms with van der Waals surface area (Å²) in [6.07, 6.45) is -4.65. The molecule has 1 heterocycles. The molecule has 0 atom stereocenters. The van der Waals surface area contributed by atoms with Crippen molar-refractivity contribution in [3.8, 4) is 0 Å². The van der Waals surface area contributed by atoms with E-state index in [0.717, 1.165) is 0 Å². The molecule has 2 rings (SSSR count). The Kier molecular flexibility index (Phi) is 3.97. The van der Waals surface area contributed by atoms with Gasteiger partial charge in [0.25, 0.3) is 0 Å². The van der Waals surface area contributed by atoms with Gasteiger partial charge in [-0.15, -0.1) is 0 Å². The average Bonchev–Trinajstić information content (AvgIpc) is 2.41. The van der Waals surface area contributed by atoms with Crippen LogP contribution >= 0.6 is 0 Å². The average molecular weight is 300 g/mol. The van der Waals surface area contributed by atoms with Crippen molar-refractivity contribution in [2.24, 2.45) is 0 Å². The maximum absolute atomic E-state index is 13.2. The summed E-state index contributed by atoms with van der Waals surface area (Å²) >= 11 is 0. The molecule has 0 radical (unpaired) electrons. The Morgan fingerprint density at radius 2 is 1.71 bits per heavy atom. The van der Waals surface area contributed by atoms with Gasteiger partial charge in [-0.2, -0.15) is 13.2 Å². The molecule has 0 aliphatic carbocycles. The molecule has 112 valence electrons.